The fourth-order valence-electron chi connectivity index (χ4n) is 2.48. The normalized spacial score (nSPS) is 10.7. The van der Waals surface area contributed by atoms with Crippen LogP contribution >= 0.6 is 0 Å². The van der Waals surface area contributed by atoms with Crippen LogP contribution in [0.2, 0.25) is 0 Å². The van der Waals surface area contributed by atoms with Gasteiger partial charge in [0.05, 0.1) is 11.1 Å². The Bertz CT molecular complexity index is 947. The number of carbonyl (C=O) groups is 1. The van der Waals surface area contributed by atoms with E-state index < -0.39 is 11.7 Å². The van der Waals surface area contributed by atoms with Crippen LogP contribution in [0.3, 0.4) is 0 Å². The predicted octanol–water partition coefficient (Wildman–Crippen LogP) is 2.91. The van der Waals surface area contributed by atoms with Crippen LogP contribution in [-0.2, 0) is 6.54 Å². The van der Waals surface area contributed by atoms with Gasteiger partial charge < -0.3 is 10.3 Å². The van der Waals surface area contributed by atoms with Crippen molar-refractivity contribution in [3.63, 3.8) is 0 Å². The molecule has 23 heavy (non-hydrogen) atoms. The summed E-state index contributed by atoms with van der Waals surface area (Å²) in [5.74, 6) is -1.14. The van der Waals surface area contributed by atoms with Crippen LogP contribution in [0.25, 0.3) is 10.9 Å². The van der Waals surface area contributed by atoms with Gasteiger partial charge in [0.25, 0.3) is 11.5 Å². The topological polar surface area (TPSA) is 62.0 Å². The van der Waals surface area contributed by atoms with Gasteiger partial charge in [-0.15, -0.1) is 0 Å². The summed E-state index contributed by atoms with van der Waals surface area (Å²) in [4.78, 5) is 26.9. The summed E-state index contributed by atoms with van der Waals surface area (Å²) in [6.07, 6.45) is 0. The first-order valence-electron chi connectivity index (χ1n) is 7.20. The second kappa shape index (κ2) is 6.04. The first-order valence-corrected chi connectivity index (χ1v) is 7.20. The van der Waals surface area contributed by atoms with Crippen molar-refractivity contribution < 1.29 is 9.18 Å². The van der Waals surface area contributed by atoms with Crippen molar-refractivity contribution in [1.82, 2.24) is 10.3 Å². The summed E-state index contributed by atoms with van der Waals surface area (Å²) in [7, 11) is 0. The number of H-pyrrole nitrogens is 1. The lowest BCUT2D eigenvalue weighted by Crippen LogP contribution is -2.27. The summed E-state index contributed by atoms with van der Waals surface area (Å²) in [5, 5.41) is 3.47. The highest BCUT2D eigenvalue weighted by molar-refractivity contribution is 5.94. The number of nitrogens with one attached hydrogen (secondary N) is 2. The van der Waals surface area contributed by atoms with Crippen molar-refractivity contribution in [3.05, 3.63) is 81.4 Å². The minimum atomic E-state index is -0.590. The molecule has 0 bridgehead atoms. The molecule has 0 atom stereocenters. The molecule has 0 aliphatic carbocycles. The fourth-order valence-corrected chi connectivity index (χ4v) is 2.48. The van der Waals surface area contributed by atoms with Crippen LogP contribution in [0.1, 0.15) is 21.5 Å². The Labute approximate surface area is 132 Å². The molecule has 2 aromatic carbocycles. The molecule has 3 rings (SSSR count). The average molecular weight is 310 g/mol. The van der Waals surface area contributed by atoms with E-state index in [9.17, 15) is 14.0 Å². The van der Waals surface area contributed by atoms with Gasteiger partial charge in [-0.1, -0.05) is 30.3 Å². The molecule has 1 aromatic heterocycles. The molecule has 116 valence electrons. The maximum Gasteiger partial charge on any atom is 0.254 e. The highest BCUT2D eigenvalue weighted by Crippen LogP contribution is 2.15. The first-order chi connectivity index (χ1) is 11.1. The number of para-hydroxylation sites is 1. The van der Waals surface area contributed by atoms with Crippen LogP contribution in [0, 0.1) is 12.7 Å². The zero-order valence-corrected chi connectivity index (χ0v) is 12.5. The van der Waals surface area contributed by atoms with E-state index in [0.29, 0.717) is 5.56 Å². The maximum absolute atomic E-state index is 13.6. The van der Waals surface area contributed by atoms with Gasteiger partial charge in [0.15, 0.2) is 0 Å². The van der Waals surface area contributed by atoms with Crippen molar-refractivity contribution in [2.75, 3.05) is 0 Å². The summed E-state index contributed by atoms with van der Waals surface area (Å²) in [6.45, 7) is 1.95. The lowest BCUT2D eigenvalue weighted by molar-refractivity contribution is 0.0947. The predicted molar refractivity (Wildman–Crippen MR) is 86.9 cm³/mol. The molecule has 2 N–H and O–H groups in total. The molecule has 0 fully saturated rings. The number of benzene rings is 2. The van der Waals surface area contributed by atoms with E-state index in [1.165, 1.54) is 18.2 Å². The van der Waals surface area contributed by atoms with E-state index in [4.69, 9.17) is 0 Å². The Morgan fingerprint density at radius 2 is 1.96 bits per heavy atom. The number of pyridine rings is 1. The third-order valence-corrected chi connectivity index (χ3v) is 3.72. The number of hydrogen-bond acceptors (Lipinski definition) is 2. The van der Waals surface area contributed by atoms with Gasteiger partial charge in [0.1, 0.15) is 5.82 Å². The number of fused-ring (bicyclic) bond motifs is 1. The number of carbonyl (C=O) groups excluding carboxylic acids is 1. The van der Waals surface area contributed by atoms with Crippen LogP contribution < -0.4 is 10.9 Å². The molecule has 0 aliphatic heterocycles. The van der Waals surface area contributed by atoms with Crippen molar-refractivity contribution in [1.29, 1.82) is 0 Å². The molecule has 0 spiro atoms. The second-order valence-corrected chi connectivity index (χ2v) is 5.33. The molecular weight excluding hydrogens is 295 g/mol. The average Bonchev–Trinajstić information content (AvgIpc) is 2.54. The molecule has 0 saturated carbocycles. The zero-order valence-electron chi connectivity index (χ0n) is 12.5. The quantitative estimate of drug-likeness (QED) is 0.781. The Hall–Kier alpha value is -2.95. The van der Waals surface area contributed by atoms with Gasteiger partial charge >= 0.3 is 0 Å². The fraction of sp³-hybridized carbons (Fsp3) is 0.111. The van der Waals surface area contributed by atoms with Gasteiger partial charge in [-0.25, -0.2) is 4.39 Å². The molecule has 5 heteroatoms. The van der Waals surface area contributed by atoms with Gasteiger partial charge in [-0.3, -0.25) is 9.59 Å². The molecule has 4 nitrogen and oxygen atoms in total. The summed E-state index contributed by atoms with van der Waals surface area (Å²) in [5.41, 5.74) is 1.87. The number of aromatic nitrogens is 1. The minimum absolute atomic E-state index is 0.0341. The number of amides is 1. The first kappa shape index (κ1) is 15.0. The van der Waals surface area contributed by atoms with Crippen molar-refractivity contribution in [2.45, 2.75) is 13.5 Å². The smallest absolute Gasteiger partial charge is 0.254 e. The summed E-state index contributed by atoms with van der Waals surface area (Å²) < 4.78 is 13.6. The highest BCUT2D eigenvalue weighted by atomic mass is 19.1. The van der Waals surface area contributed by atoms with Crippen molar-refractivity contribution >= 4 is 16.8 Å². The molecule has 0 saturated heterocycles. The molecule has 0 unspecified atom stereocenters. The lowest BCUT2D eigenvalue weighted by atomic mass is 10.1. The largest absolute Gasteiger partial charge is 0.348 e. The number of aromatic amines is 1. The zero-order chi connectivity index (χ0) is 16.4. The van der Waals surface area contributed by atoms with E-state index in [0.717, 1.165) is 16.5 Å². The summed E-state index contributed by atoms with van der Waals surface area (Å²) >= 11 is 0. The van der Waals surface area contributed by atoms with E-state index in [-0.39, 0.29) is 17.7 Å². The number of hydrogen-bond donors (Lipinski definition) is 2. The van der Waals surface area contributed by atoms with Gasteiger partial charge in [-0.2, -0.15) is 0 Å². The Morgan fingerprint density at radius 3 is 2.74 bits per heavy atom. The minimum Gasteiger partial charge on any atom is -0.348 e. The standard InChI is InChI=1S/C18H15FN2O2/c1-11-5-4-6-12-9-13(17(22)21-16(11)12)10-20-18(23)14-7-2-3-8-15(14)19/h2-9H,10H2,1H3,(H,20,23)(H,21,22). The third-order valence-electron chi connectivity index (χ3n) is 3.72. The molecule has 3 aromatic rings. The van der Waals surface area contributed by atoms with E-state index in [1.54, 1.807) is 12.1 Å². The number of rotatable bonds is 3. The van der Waals surface area contributed by atoms with Crippen molar-refractivity contribution in [3.8, 4) is 0 Å². The monoisotopic (exact) mass is 310 g/mol. The van der Waals surface area contributed by atoms with Gasteiger partial charge in [-0.05, 0) is 36.1 Å². The van der Waals surface area contributed by atoms with Crippen LogP contribution in [0.4, 0.5) is 4.39 Å². The Kier molecular flexibility index (Phi) is 3.93. The summed E-state index contributed by atoms with van der Waals surface area (Å²) in [6, 6.07) is 13.2. The highest BCUT2D eigenvalue weighted by Gasteiger charge is 2.11. The number of halogens is 1. The molecule has 0 radical (unpaired) electrons. The van der Waals surface area contributed by atoms with Crippen molar-refractivity contribution in [2.24, 2.45) is 0 Å². The van der Waals surface area contributed by atoms with E-state index in [2.05, 4.69) is 10.3 Å². The van der Waals surface area contributed by atoms with Gasteiger partial charge in [0.2, 0.25) is 0 Å². The SMILES string of the molecule is Cc1cccc2cc(CNC(=O)c3ccccc3F)c(=O)[nH]c12. The third kappa shape index (κ3) is 2.99. The van der Waals surface area contributed by atoms with E-state index in [1.807, 2.05) is 25.1 Å². The molecule has 1 amide bonds. The van der Waals surface area contributed by atoms with Gasteiger partial charge in [0, 0.05) is 12.1 Å². The Balaban J connectivity index is 1.85. The number of aryl methyl sites for hydroxylation is 1. The second-order valence-electron chi connectivity index (χ2n) is 5.33. The van der Waals surface area contributed by atoms with Crippen LogP contribution in [-0.4, -0.2) is 10.9 Å². The van der Waals surface area contributed by atoms with Crippen LogP contribution in [0.15, 0.2) is 53.3 Å². The maximum atomic E-state index is 13.6. The lowest BCUT2D eigenvalue weighted by Gasteiger charge is -2.08. The van der Waals surface area contributed by atoms with E-state index >= 15 is 0 Å². The molecule has 1 heterocycles. The Morgan fingerprint density at radius 1 is 1.17 bits per heavy atom. The molecular formula is C18H15FN2O2. The van der Waals surface area contributed by atoms with Crippen LogP contribution in [0.5, 0.6) is 0 Å². The molecule has 0 aliphatic rings.